The Morgan fingerprint density at radius 2 is 2.00 bits per heavy atom. The molecule has 0 aliphatic carbocycles. The minimum Gasteiger partial charge on any atom is -0.492 e. The number of para-hydroxylation sites is 2. The van der Waals surface area contributed by atoms with Crippen molar-refractivity contribution < 1.29 is 18.7 Å². The van der Waals surface area contributed by atoms with Crippen LogP contribution >= 0.6 is 11.8 Å². The predicted molar refractivity (Wildman–Crippen MR) is 107 cm³/mol. The lowest BCUT2D eigenvalue weighted by Gasteiger charge is -2.10. The maximum Gasteiger partial charge on any atom is 0.277 e. The molecule has 0 spiro atoms. The number of anilines is 1. The number of hydrogen-bond acceptors (Lipinski definition) is 7. The number of nitrogens with zero attached hydrogens (tertiary/aromatic N) is 2. The number of ether oxygens (including phenoxy) is 2. The molecule has 3 rings (SSSR count). The Kier molecular flexibility index (Phi) is 6.91. The summed E-state index contributed by atoms with van der Waals surface area (Å²) in [6, 6.07) is 15.0. The van der Waals surface area contributed by atoms with Crippen molar-refractivity contribution in [2.24, 2.45) is 0 Å². The van der Waals surface area contributed by atoms with Gasteiger partial charge in [-0.1, -0.05) is 36.0 Å². The number of nitrogens with one attached hydrogen (secondary N) is 1. The Morgan fingerprint density at radius 3 is 2.82 bits per heavy atom. The Balaban J connectivity index is 1.48. The van der Waals surface area contributed by atoms with Crippen LogP contribution in [-0.4, -0.2) is 28.5 Å². The second-order valence-electron chi connectivity index (χ2n) is 5.83. The second-order valence-corrected chi connectivity index (χ2v) is 6.76. The number of aryl methyl sites for hydroxylation is 1. The van der Waals surface area contributed by atoms with Gasteiger partial charge in [-0.25, -0.2) is 0 Å². The summed E-state index contributed by atoms with van der Waals surface area (Å²) in [5.74, 6) is 1.68. The van der Waals surface area contributed by atoms with Gasteiger partial charge in [0.2, 0.25) is 5.91 Å². The van der Waals surface area contributed by atoms with E-state index in [1.165, 1.54) is 0 Å². The van der Waals surface area contributed by atoms with Crippen LogP contribution < -0.4 is 14.8 Å². The van der Waals surface area contributed by atoms with Crippen LogP contribution in [-0.2, 0) is 11.4 Å². The molecule has 3 aromatic rings. The van der Waals surface area contributed by atoms with Crippen LogP contribution in [0.15, 0.2) is 58.2 Å². The quantitative estimate of drug-likeness (QED) is 0.542. The SMILES string of the molecule is CCOc1ccccc1NC(=O)CSc1nnc(COc2cccc(C)c2)o1. The predicted octanol–water partition coefficient (Wildman–Crippen LogP) is 4.09. The van der Waals surface area contributed by atoms with E-state index < -0.39 is 0 Å². The molecular formula is C20H21N3O4S. The van der Waals surface area contributed by atoms with Gasteiger partial charge < -0.3 is 19.2 Å². The van der Waals surface area contributed by atoms with Crippen LogP contribution in [0.3, 0.4) is 0 Å². The maximum atomic E-state index is 12.2. The topological polar surface area (TPSA) is 86.5 Å². The molecule has 1 N–H and O–H groups in total. The number of rotatable bonds is 9. The van der Waals surface area contributed by atoms with Gasteiger partial charge in [-0.2, -0.15) is 0 Å². The molecule has 0 aliphatic heterocycles. The smallest absolute Gasteiger partial charge is 0.277 e. The molecule has 7 nitrogen and oxygen atoms in total. The Morgan fingerprint density at radius 1 is 1.14 bits per heavy atom. The molecule has 0 saturated carbocycles. The number of benzene rings is 2. The van der Waals surface area contributed by atoms with Gasteiger partial charge in [0.15, 0.2) is 6.61 Å². The largest absolute Gasteiger partial charge is 0.492 e. The van der Waals surface area contributed by atoms with E-state index in [0.717, 1.165) is 23.1 Å². The van der Waals surface area contributed by atoms with Crippen molar-refractivity contribution in [1.29, 1.82) is 0 Å². The number of aromatic nitrogens is 2. The number of hydrogen-bond donors (Lipinski definition) is 1. The van der Waals surface area contributed by atoms with E-state index in [1.54, 1.807) is 6.07 Å². The number of thioether (sulfide) groups is 1. The third-order valence-electron chi connectivity index (χ3n) is 3.59. The van der Waals surface area contributed by atoms with Crippen LogP contribution in [0.2, 0.25) is 0 Å². The highest BCUT2D eigenvalue weighted by Crippen LogP contribution is 2.24. The summed E-state index contributed by atoms with van der Waals surface area (Å²) in [5.41, 5.74) is 1.74. The first-order valence-corrected chi connectivity index (χ1v) is 9.79. The van der Waals surface area contributed by atoms with E-state index in [2.05, 4.69) is 15.5 Å². The zero-order valence-corrected chi connectivity index (χ0v) is 16.5. The van der Waals surface area contributed by atoms with E-state index in [-0.39, 0.29) is 18.3 Å². The minimum atomic E-state index is -0.187. The number of carbonyl (C=O) groups excluding carboxylic acids is 1. The van der Waals surface area contributed by atoms with Crippen molar-refractivity contribution in [3.8, 4) is 11.5 Å². The fourth-order valence-corrected chi connectivity index (χ4v) is 2.95. The molecule has 0 saturated heterocycles. The lowest BCUT2D eigenvalue weighted by Crippen LogP contribution is -2.14. The molecule has 0 radical (unpaired) electrons. The van der Waals surface area contributed by atoms with Crippen molar-refractivity contribution in [3.63, 3.8) is 0 Å². The van der Waals surface area contributed by atoms with E-state index >= 15 is 0 Å². The molecular weight excluding hydrogens is 378 g/mol. The maximum absolute atomic E-state index is 12.2. The highest BCUT2D eigenvalue weighted by atomic mass is 32.2. The van der Waals surface area contributed by atoms with Crippen LogP contribution in [0.4, 0.5) is 5.69 Å². The molecule has 1 heterocycles. The van der Waals surface area contributed by atoms with Gasteiger partial charge in [0.1, 0.15) is 11.5 Å². The Labute approximate surface area is 167 Å². The fourth-order valence-electron chi connectivity index (χ4n) is 2.37. The summed E-state index contributed by atoms with van der Waals surface area (Å²) >= 11 is 1.16. The molecule has 0 atom stereocenters. The molecule has 0 bridgehead atoms. The highest BCUT2D eigenvalue weighted by Gasteiger charge is 2.12. The fraction of sp³-hybridized carbons (Fsp3) is 0.250. The normalized spacial score (nSPS) is 10.5. The molecule has 1 aromatic heterocycles. The molecule has 1 amide bonds. The first-order valence-electron chi connectivity index (χ1n) is 8.80. The third-order valence-corrected chi connectivity index (χ3v) is 4.41. The van der Waals surface area contributed by atoms with Gasteiger partial charge in [-0.15, -0.1) is 10.2 Å². The summed E-state index contributed by atoms with van der Waals surface area (Å²) in [5, 5.41) is 11.0. The molecule has 146 valence electrons. The van der Waals surface area contributed by atoms with Crippen LogP contribution in [0.5, 0.6) is 11.5 Å². The second kappa shape index (κ2) is 9.80. The molecule has 0 unspecified atom stereocenters. The van der Waals surface area contributed by atoms with Crippen molar-refractivity contribution >= 4 is 23.4 Å². The van der Waals surface area contributed by atoms with Gasteiger partial charge in [-0.3, -0.25) is 4.79 Å². The summed E-state index contributed by atoms with van der Waals surface area (Å²) < 4.78 is 16.6. The first kappa shape index (κ1) is 19.8. The summed E-state index contributed by atoms with van der Waals surface area (Å²) in [6.45, 7) is 4.58. The molecule has 2 aromatic carbocycles. The standard InChI is InChI=1S/C20H21N3O4S/c1-3-25-17-10-5-4-9-16(17)21-18(24)13-28-20-23-22-19(27-20)12-26-15-8-6-7-14(2)11-15/h4-11H,3,12-13H2,1-2H3,(H,21,24). The summed E-state index contributed by atoms with van der Waals surface area (Å²) in [4.78, 5) is 12.2. The number of carbonyl (C=O) groups is 1. The molecule has 8 heteroatoms. The molecule has 0 aliphatic rings. The lowest BCUT2D eigenvalue weighted by molar-refractivity contribution is -0.113. The van der Waals surface area contributed by atoms with Crippen molar-refractivity contribution in [2.45, 2.75) is 25.7 Å². The van der Waals surface area contributed by atoms with Gasteiger partial charge in [0.25, 0.3) is 11.1 Å². The zero-order chi connectivity index (χ0) is 19.8. The zero-order valence-electron chi connectivity index (χ0n) is 15.7. The van der Waals surface area contributed by atoms with Crippen LogP contribution in [0, 0.1) is 6.92 Å². The highest BCUT2D eigenvalue weighted by molar-refractivity contribution is 7.99. The van der Waals surface area contributed by atoms with E-state index in [0.29, 0.717) is 29.2 Å². The monoisotopic (exact) mass is 399 g/mol. The lowest BCUT2D eigenvalue weighted by atomic mass is 10.2. The Hall–Kier alpha value is -3.00. The van der Waals surface area contributed by atoms with Crippen LogP contribution in [0.1, 0.15) is 18.4 Å². The van der Waals surface area contributed by atoms with E-state index in [1.807, 2.05) is 56.3 Å². The average Bonchev–Trinajstić information content (AvgIpc) is 3.15. The van der Waals surface area contributed by atoms with Gasteiger partial charge >= 0.3 is 0 Å². The van der Waals surface area contributed by atoms with Crippen LogP contribution in [0.25, 0.3) is 0 Å². The van der Waals surface area contributed by atoms with Crippen molar-refractivity contribution in [3.05, 3.63) is 60.0 Å². The molecule has 0 fully saturated rings. The minimum absolute atomic E-state index is 0.140. The number of amides is 1. The first-order chi connectivity index (χ1) is 13.6. The Bertz CT molecular complexity index is 929. The van der Waals surface area contributed by atoms with Crippen molar-refractivity contribution in [2.75, 3.05) is 17.7 Å². The van der Waals surface area contributed by atoms with Gasteiger partial charge in [-0.05, 0) is 43.7 Å². The third kappa shape index (κ3) is 5.75. The van der Waals surface area contributed by atoms with Gasteiger partial charge in [0, 0.05) is 0 Å². The molecule has 28 heavy (non-hydrogen) atoms. The van der Waals surface area contributed by atoms with Gasteiger partial charge in [0.05, 0.1) is 18.0 Å². The van der Waals surface area contributed by atoms with Crippen molar-refractivity contribution in [1.82, 2.24) is 10.2 Å². The van der Waals surface area contributed by atoms with E-state index in [4.69, 9.17) is 13.9 Å². The summed E-state index contributed by atoms with van der Waals surface area (Å²) in [7, 11) is 0. The summed E-state index contributed by atoms with van der Waals surface area (Å²) in [6.07, 6.45) is 0. The average molecular weight is 399 g/mol. The van der Waals surface area contributed by atoms with E-state index in [9.17, 15) is 4.79 Å².